The highest BCUT2D eigenvalue weighted by Crippen LogP contribution is 2.38. The molecule has 4 aromatic rings. The van der Waals surface area contributed by atoms with E-state index in [2.05, 4.69) is 42.7 Å². The molecule has 4 heteroatoms. The predicted molar refractivity (Wildman–Crippen MR) is 112 cm³/mol. The summed E-state index contributed by atoms with van der Waals surface area (Å²) in [6.07, 6.45) is 0.819. The average Bonchev–Trinajstić information content (AvgIpc) is 3.01. The van der Waals surface area contributed by atoms with E-state index in [-0.39, 0.29) is 5.75 Å². The zero-order valence-electron chi connectivity index (χ0n) is 16.3. The molecule has 0 aliphatic rings. The van der Waals surface area contributed by atoms with Crippen LogP contribution in [0.15, 0.2) is 54.6 Å². The van der Waals surface area contributed by atoms with Gasteiger partial charge in [-0.3, -0.25) is 0 Å². The number of fused-ring (bicyclic) bond motifs is 3. The van der Waals surface area contributed by atoms with E-state index in [9.17, 15) is 9.90 Å². The van der Waals surface area contributed by atoms with Crippen molar-refractivity contribution in [3.8, 4) is 5.75 Å². The number of ether oxygens (including phenoxy) is 1. The second-order valence-electron chi connectivity index (χ2n) is 7.13. The van der Waals surface area contributed by atoms with Gasteiger partial charge in [-0.1, -0.05) is 42.8 Å². The lowest BCUT2D eigenvalue weighted by Crippen LogP contribution is -2.03. The quantitative estimate of drug-likeness (QED) is 0.500. The lowest BCUT2D eigenvalue weighted by Gasteiger charge is -2.10. The van der Waals surface area contributed by atoms with E-state index in [0.717, 1.165) is 28.4 Å². The number of benzene rings is 3. The summed E-state index contributed by atoms with van der Waals surface area (Å²) in [7, 11) is 1.38. The van der Waals surface area contributed by atoms with E-state index in [1.165, 1.54) is 18.2 Å². The van der Waals surface area contributed by atoms with Crippen LogP contribution < -0.4 is 0 Å². The van der Waals surface area contributed by atoms with Crippen LogP contribution in [0.5, 0.6) is 5.75 Å². The topological polar surface area (TPSA) is 51.5 Å². The molecular weight excluding hydrogens is 350 g/mol. The number of hydrogen-bond acceptors (Lipinski definition) is 3. The van der Waals surface area contributed by atoms with Crippen LogP contribution in [0.4, 0.5) is 0 Å². The van der Waals surface area contributed by atoms with E-state index < -0.39 is 5.97 Å². The Kier molecular flexibility index (Phi) is 4.55. The highest BCUT2D eigenvalue weighted by molar-refractivity contribution is 6.19. The molecule has 0 unspecified atom stereocenters. The molecule has 0 spiro atoms. The van der Waals surface area contributed by atoms with Crippen LogP contribution in [0, 0.1) is 6.92 Å². The Hall–Kier alpha value is -3.27. The number of aromatic nitrogens is 1. The molecule has 0 bridgehead atoms. The van der Waals surface area contributed by atoms with Gasteiger partial charge in [0.1, 0.15) is 5.75 Å². The summed E-state index contributed by atoms with van der Waals surface area (Å²) in [5, 5.41) is 12.2. The fourth-order valence-corrected chi connectivity index (χ4v) is 3.94. The lowest BCUT2D eigenvalue weighted by molar-refractivity contribution is 0.0603. The molecule has 4 nitrogen and oxygen atoms in total. The van der Waals surface area contributed by atoms with Crippen molar-refractivity contribution >= 4 is 27.8 Å². The highest BCUT2D eigenvalue weighted by atomic mass is 16.5. The van der Waals surface area contributed by atoms with E-state index in [1.54, 1.807) is 12.1 Å². The zero-order chi connectivity index (χ0) is 19.8. The van der Waals surface area contributed by atoms with Gasteiger partial charge < -0.3 is 14.4 Å². The van der Waals surface area contributed by atoms with Crippen molar-refractivity contribution in [1.82, 2.24) is 4.57 Å². The van der Waals surface area contributed by atoms with Crippen LogP contribution in [0.25, 0.3) is 21.8 Å². The van der Waals surface area contributed by atoms with Gasteiger partial charge in [-0.2, -0.15) is 0 Å². The Labute approximate surface area is 164 Å². The van der Waals surface area contributed by atoms with Crippen molar-refractivity contribution in [3.63, 3.8) is 0 Å². The van der Waals surface area contributed by atoms with Gasteiger partial charge in [0.25, 0.3) is 0 Å². The molecule has 142 valence electrons. The molecule has 0 saturated heterocycles. The Morgan fingerprint density at radius 3 is 2.50 bits per heavy atom. The molecule has 0 atom stereocenters. The molecule has 0 fully saturated rings. The van der Waals surface area contributed by atoms with Crippen LogP contribution in [-0.2, 0) is 17.7 Å². The molecule has 0 aliphatic heterocycles. The molecule has 0 amide bonds. The van der Waals surface area contributed by atoms with Gasteiger partial charge in [0, 0.05) is 11.9 Å². The Morgan fingerprint density at radius 1 is 1.00 bits per heavy atom. The normalized spacial score (nSPS) is 11.2. The minimum absolute atomic E-state index is 0.193. The van der Waals surface area contributed by atoms with Crippen LogP contribution in [0.3, 0.4) is 0 Å². The molecule has 0 saturated carbocycles. The van der Waals surface area contributed by atoms with E-state index in [1.807, 2.05) is 18.2 Å². The van der Waals surface area contributed by atoms with E-state index in [0.29, 0.717) is 17.5 Å². The highest BCUT2D eigenvalue weighted by Gasteiger charge is 2.21. The summed E-state index contributed by atoms with van der Waals surface area (Å²) in [5.74, 6) is -0.210. The van der Waals surface area contributed by atoms with Crippen molar-refractivity contribution in [2.45, 2.75) is 26.8 Å². The minimum atomic E-state index is -0.404. The Bertz CT molecular complexity index is 1200. The number of aryl methyl sites for hydroxylation is 2. The SMILES string of the molecule is CCc1cc(O)c2c3c(C(=O)OC)cccc3n(Cc3cccc(C)c3)c2c1. The molecule has 1 N–H and O–H groups in total. The van der Waals surface area contributed by atoms with Gasteiger partial charge in [0.15, 0.2) is 0 Å². The lowest BCUT2D eigenvalue weighted by atomic mass is 10.0. The third-order valence-electron chi connectivity index (χ3n) is 5.27. The minimum Gasteiger partial charge on any atom is -0.507 e. The van der Waals surface area contributed by atoms with Gasteiger partial charge in [-0.15, -0.1) is 0 Å². The molecule has 0 radical (unpaired) electrons. The number of aromatic hydroxyl groups is 1. The predicted octanol–water partition coefficient (Wildman–Crippen LogP) is 5.21. The third-order valence-corrected chi connectivity index (χ3v) is 5.27. The second kappa shape index (κ2) is 7.04. The maximum Gasteiger partial charge on any atom is 0.338 e. The first kappa shape index (κ1) is 18.1. The summed E-state index contributed by atoms with van der Waals surface area (Å²) in [6.45, 7) is 4.79. The first-order valence-electron chi connectivity index (χ1n) is 9.44. The van der Waals surface area contributed by atoms with Crippen molar-refractivity contribution in [2.24, 2.45) is 0 Å². The molecule has 4 rings (SSSR count). The van der Waals surface area contributed by atoms with Gasteiger partial charge >= 0.3 is 5.97 Å². The van der Waals surface area contributed by atoms with Crippen LogP contribution in [0.1, 0.15) is 34.0 Å². The van der Waals surface area contributed by atoms with Crippen molar-refractivity contribution in [3.05, 3.63) is 76.9 Å². The summed E-state index contributed by atoms with van der Waals surface area (Å²) in [6, 6.07) is 17.9. The average molecular weight is 373 g/mol. The maximum atomic E-state index is 12.4. The fraction of sp³-hybridized carbons (Fsp3) is 0.208. The first-order chi connectivity index (χ1) is 13.5. The number of methoxy groups -OCH3 is 1. The van der Waals surface area contributed by atoms with Gasteiger partial charge in [0.2, 0.25) is 0 Å². The van der Waals surface area contributed by atoms with Crippen molar-refractivity contribution in [2.75, 3.05) is 7.11 Å². The summed E-state index contributed by atoms with van der Waals surface area (Å²) in [5.41, 5.74) is 5.72. The molecule has 1 aromatic heterocycles. The van der Waals surface area contributed by atoms with E-state index >= 15 is 0 Å². The number of hydrogen-bond donors (Lipinski definition) is 1. The van der Waals surface area contributed by atoms with Crippen LogP contribution in [0.2, 0.25) is 0 Å². The Balaban J connectivity index is 2.09. The maximum absolute atomic E-state index is 12.4. The molecule has 0 aliphatic carbocycles. The number of carbonyl (C=O) groups excluding carboxylic acids is 1. The monoisotopic (exact) mass is 373 g/mol. The number of phenolic OH excluding ortho intramolecular Hbond substituents is 1. The number of carbonyl (C=O) groups is 1. The van der Waals surface area contributed by atoms with E-state index in [4.69, 9.17) is 4.74 Å². The number of rotatable bonds is 4. The van der Waals surface area contributed by atoms with Crippen LogP contribution in [-0.4, -0.2) is 22.8 Å². The second-order valence-corrected chi connectivity index (χ2v) is 7.13. The summed E-state index contributed by atoms with van der Waals surface area (Å²) < 4.78 is 7.16. The first-order valence-corrected chi connectivity index (χ1v) is 9.44. The number of phenols is 1. The molecule has 3 aromatic carbocycles. The fourth-order valence-electron chi connectivity index (χ4n) is 3.94. The molecule has 1 heterocycles. The zero-order valence-corrected chi connectivity index (χ0v) is 16.3. The Morgan fingerprint density at radius 2 is 1.79 bits per heavy atom. The number of esters is 1. The third kappa shape index (κ3) is 2.91. The van der Waals surface area contributed by atoms with Gasteiger partial charge in [0.05, 0.1) is 29.1 Å². The summed E-state index contributed by atoms with van der Waals surface area (Å²) in [4.78, 5) is 12.4. The molecule has 28 heavy (non-hydrogen) atoms. The standard InChI is InChI=1S/C24H23NO3/c1-4-16-12-20-23(21(26)13-16)22-18(24(27)28-3)9-6-10-19(22)25(20)14-17-8-5-7-15(2)11-17/h5-13,26H,4,14H2,1-3H3. The number of nitrogens with zero attached hydrogens (tertiary/aromatic N) is 1. The summed E-state index contributed by atoms with van der Waals surface area (Å²) >= 11 is 0. The van der Waals surface area contributed by atoms with Crippen molar-refractivity contribution < 1.29 is 14.6 Å². The van der Waals surface area contributed by atoms with Crippen molar-refractivity contribution in [1.29, 1.82) is 0 Å². The largest absolute Gasteiger partial charge is 0.507 e. The van der Waals surface area contributed by atoms with Gasteiger partial charge in [-0.25, -0.2) is 4.79 Å². The molecular formula is C24H23NO3. The smallest absolute Gasteiger partial charge is 0.338 e. The van der Waals surface area contributed by atoms with Gasteiger partial charge in [-0.05, 0) is 48.7 Å². The van der Waals surface area contributed by atoms with Crippen LogP contribution >= 0.6 is 0 Å².